The number of aryl methyl sites for hydroxylation is 1. The molecule has 1 saturated heterocycles. The zero-order valence-corrected chi connectivity index (χ0v) is 24.2. The van der Waals surface area contributed by atoms with Crippen molar-refractivity contribution in [3.8, 4) is 28.9 Å². The van der Waals surface area contributed by atoms with Crippen LogP contribution >= 0.6 is 11.3 Å². The van der Waals surface area contributed by atoms with Crippen molar-refractivity contribution in [1.82, 2.24) is 29.8 Å². The standard InChI is InChI=1S/C26H31FN8OS.C2H6/c1-4-6-10-16-21(33-36-22(16)20-17(12-28)24(29)37-19(20)8-5-2)25-30-13-18-23(27)32-35(26(18)31-25)14-15-9-7-11-34(15)3;1-2/h13,15H,4-11,14,29H2,1-3H3;1-2H3. The molecule has 0 radical (unpaired) electrons. The molecule has 5 rings (SSSR count). The normalized spacial score (nSPS) is 15.5. The number of unbranched alkanes of at least 4 members (excludes halogenated alkanes) is 1. The Labute approximate surface area is 232 Å². The summed E-state index contributed by atoms with van der Waals surface area (Å²) in [5.41, 5.74) is 9.14. The van der Waals surface area contributed by atoms with Crippen molar-refractivity contribution in [2.24, 2.45) is 0 Å². The van der Waals surface area contributed by atoms with Gasteiger partial charge in [-0.1, -0.05) is 45.7 Å². The van der Waals surface area contributed by atoms with E-state index in [9.17, 15) is 9.65 Å². The second-order valence-electron chi connectivity index (χ2n) is 9.62. The summed E-state index contributed by atoms with van der Waals surface area (Å²) in [6.45, 7) is 9.78. The largest absolute Gasteiger partial charge is 0.389 e. The third kappa shape index (κ3) is 5.54. The van der Waals surface area contributed by atoms with Gasteiger partial charge in [0.05, 0.1) is 23.1 Å². The Morgan fingerprint density at radius 3 is 2.72 bits per heavy atom. The summed E-state index contributed by atoms with van der Waals surface area (Å²) >= 11 is 1.42. The SMILES string of the molecule is CC.CCCCc1c(-c2ncc3c(F)nn(CC4CCCN4C)c3n2)noc1-c1c(CCC)sc(N)c1C#N. The first-order chi connectivity index (χ1) is 19.0. The number of fused-ring (bicyclic) bond motifs is 1. The molecule has 208 valence electrons. The molecule has 11 heteroatoms. The molecule has 0 saturated carbocycles. The molecule has 1 aliphatic rings. The molecule has 9 nitrogen and oxygen atoms in total. The van der Waals surface area contributed by atoms with Gasteiger partial charge in [-0.05, 0) is 45.7 Å². The van der Waals surface area contributed by atoms with Crippen molar-refractivity contribution >= 4 is 27.4 Å². The first-order valence-electron chi connectivity index (χ1n) is 13.9. The van der Waals surface area contributed by atoms with Gasteiger partial charge in [-0.3, -0.25) is 0 Å². The Bertz CT molecular complexity index is 1470. The Morgan fingerprint density at radius 2 is 2.05 bits per heavy atom. The van der Waals surface area contributed by atoms with E-state index in [1.165, 1.54) is 17.5 Å². The zero-order valence-electron chi connectivity index (χ0n) is 23.4. The Kier molecular flexibility index (Phi) is 9.30. The van der Waals surface area contributed by atoms with Gasteiger partial charge in [-0.15, -0.1) is 16.4 Å². The quantitative estimate of drug-likeness (QED) is 0.260. The van der Waals surface area contributed by atoms with Gasteiger partial charge in [0, 0.05) is 22.7 Å². The van der Waals surface area contributed by atoms with Crippen molar-refractivity contribution in [1.29, 1.82) is 5.26 Å². The highest BCUT2D eigenvalue weighted by Crippen LogP contribution is 2.43. The lowest BCUT2D eigenvalue weighted by Crippen LogP contribution is -2.29. The summed E-state index contributed by atoms with van der Waals surface area (Å²) in [4.78, 5) is 12.5. The Balaban J connectivity index is 0.00000172. The molecule has 1 atom stereocenters. The number of halogens is 1. The summed E-state index contributed by atoms with van der Waals surface area (Å²) in [6.07, 6.45) is 7.86. The number of likely N-dealkylation sites (tertiary alicyclic amines) is 1. The number of hydrogen-bond donors (Lipinski definition) is 1. The summed E-state index contributed by atoms with van der Waals surface area (Å²) < 4.78 is 22.2. The summed E-state index contributed by atoms with van der Waals surface area (Å²) in [5.74, 6) is 0.325. The molecule has 5 heterocycles. The van der Waals surface area contributed by atoms with E-state index in [0.717, 1.165) is 61.1 Å². The van der Waals surface area contributed by atoms with Gasteiger partial charge < -0.3 is 15.2 Å². The van der Waals surface area contributed by atoms with Gasteiger partial charge in [0.25, 0.3) is 0 Å². The molecular weight excluding hydrogens is 515 g/mol. The van der Waals surface area contributed by atoms with Crippen LogP contribution in [0.3, 0.4) is 0 Å². The average Bonchev–Trinajstić information content (AvgIpc) is 3.69. The maximum atomic E-state index is 14.7. The van der Waals surface area contributed by atoms with Crippen molar-refractivity contribution < 1.29 is 8.91 Å². The van der Waals surface area contributed by atoms with Crippen LogP contribution in [-0.2, 0) is 19.4 Å². The van der Waals surface area contributed by atoms with Crippen molar-refractivity contribution in [3.63, 3.8) is 0 Å². The van der Waals surface area contributed by atoms with Gasteiger partial charge >= 0.3 is 0 Å². The van der Waals surface area contributed by atoms with Gasteiger partial charge in [-0.25, -0.2) is 14.6 Å². The molecule has 1 aliphatic heterocycles. The highest BCUT2D eigenvalue weighted by atomic mass is 32.1. The fourth-order valence-electron chi connectivity index (χ4n) is 5.09. The number of likely N-dealkylation sites (N-methyl/N-ethyl adjacent to an activating group) is 1. The molecular formula is C28H37FN8OS. The zero-order chi connectivity index (χ0) is 28.1. The molecule has 4 aromatic rings. The highest BCUT2D eigenvalue weighted by molar-refractivity contribution is 7.16. The number of nitriles is 1. The molecule has 0 spiro atoms. The number of aromatic nitrogens is 5. The smallest absolute Gasteiger partial charge is 0.243 e. The van der Waals surface area contributed by atoms with E-state index in [2.05, 4.69) is 47.1 Å². The molecule has 4 aromatic heterocycles. The van der Waals surface area contributed by atoms with E-state index in [4.69, 9.17) is 15.2 Å². The minimum absolute atomic E-state index is 0.283. The van der Waals surface area contributed by atoms with Gasteiger partial charge in [-0.2, -0.15) is 9.65 Å². The van der Waals surface area contributed by atoms with Crippen LogP contribution in [0, 0.1) is 17.3 Å². The molecule has 0 amide bonds. The summed E-state index contributed by atoms with van der Waals surface area (Å²) in [5, 5.41) is 19.1. The van der Waals surface area contributed by atoms with Crippen molar-refractivity contribution in [2.75, 3.05) is 19.3 Å². The van der Waals surface area contributed by atoms with E-state index in [1.807, 2.05) is 13.8 Å². The van der Waals surface area contributed by atoms with Crippen LogP contribution in [0.1, 0.15) is 75.8 Å². The van der Waals surface area contributed by atoms with Crippen LogP contribution in [0.2, 0.25) is 0 Å². The van der Waals surface area contributed by atoms with Crippen LogP contribution < -0.4 is 5.73 Å². The van der Waals surface area contributed by atoms with Crippen LogP contribution in [0.15, 0.2) is 10.7 Å². The Morgan fingerprint density at radius 1 is 1.26 bits per heavy atom. The van der Waals surface area contributed by atoms with Gasteiger partial charge in [0.1, 0.15) is 11.1 Å². The maximum Gasteiger partial charge on any atom is 0.243 e. The predicted molar refractivity (Wildman–Crippen MR) is 153 cm³/mol. The van der Waals surface area contributed by atoms with Crippen LogP contribution in [0.4, 0.5) is 9.39 Å². The molecule has 0 aromatic carbocycles. The second kappa shape index (κ2) is 12.7. The second-order valence-corrected chi connectivity index (χ2v) is 10.8. The maximum absolute atomic E-state index is 14.7. The van der Waals surface area contributed by atoms with Gasteiger partial charge in [0.2, 0.25) is 5.95 Å². The molecule has 2 N–H and O–H groups in total. The third-order valence-corrected chi connectivity index (χ3v) is 8.18. The minimum atomic E-state index is -0.578. The number of rotatable bonds is 9. The molecule has 0 bridgehead atoms. The van der Waals surface area contributed by atoms with Gasteiger partial charge in [0.15, 0.2) is 22.9 Å². The summed E-state index contributed by atoms with van der Waals surface area (Å²) in [7, 11) is 2.08. The van der Waals surface area contributed by atoms with Crippen LogP contribution in [0.25, 0.3) is 33.9 Å². The lowest BCUT2D eigenvalue weighted by Gasteiger charge is -2.19. The monoisotopic (exact) mass is 552 g/mol. The predicted octanol–water partition coefficient (Wildman–Crippen LogP) is 6.22. The Hall–Kier alpha value is -3.36. The van der Waals surface area contributed by atoms with E-state index >= 15 is 0 Å². The molecule has 0 aliphatic carbocycles. The third-order valence-electron chi connectivity index (χ3n) is 7.10. The number of nitrogens with zero attached hydrogens (tertiary/aromatic N) is 7. The van der Waals surface area contributed by atoms with E-state index in [1.54, 1.807) is 4.68 Å². The first kappa shape index (κ1) is 28.6. The molecule has 1 unspecified atom stereocenters. The number of anilines is 1. The number of nitrogens with two attached hydrogens (primary N) is 1. The lowest BCUT2D eigenvalue weighted by atomic mass is 9.98. The number of nitrogen functional groups attached to an aromatic ring is 1. The fourth-order valence-corrected chi connectivity index (χ4v) is 6.21. The van der Waals surface area contributed by atoms with Crippen LogP contribution in [0.5, 0.6) is 0 Å². The van der Waals surface area contributed by atoms with Crippen LogP contribution in [-0.4, -0.2) is 49.4 Å². The van der Waals surface area contributed by atoms with E-state index in [-0.39, 0.29) is 11.4 Å². The number of thiophene rings is 1. The highest BCUT2D eigenvalue weighted by Gasteiger charge is 2.29. The fraction of sp³-hybridized carbons (Fsp3) is 0.536. The first-order valence-corrected chi connectivity index (χ1v) is 14.7. The van der Waals surface area contributed by atoms with Crippen molar-refractivity contribution in [3.05, 3.63) is 28.1 Å². The molecule has 1 fully saturated rings. The topological polar surface area (TPSA) is 123 Å². The average molecular weight is 553 g/mol. The van der Waals surface area contributed by atoms with E-state index in [0.29, 0.717) is 46.5 Å². The summed E-state index contributed by atoms with van der Waals surface area (Å²) in [6, 6.07) is 2.54. The van der Waals surface area contributed by atoms with Crippen molar-refractivity contribution in [2.45, 2.75) is 85.2 Å². The number of hydrogen-bond acceptors (Lipinski definition) is 9. The minimum Gasteiger partial charge on any atom is -0.389 e. The lowest BCUT2D eigenvalue weighted by molar-refractivity contribution is 0.274. The van der Waals surface area contributed by atoms with E-state index < -0.39 is 5.95 Å². The molecule has 39 heavy (non-hydrogen) atoms.